The molecule has 1 atom stereocenters. The molecule has 0 aliphatic rings. The highest BCUT2D eigenvalue weighted by atomic mass is 16.6. The van der Waals surface area contributed by atoms with Crippen molar-refractivity contribution in [3.8, 4) is 0 Å². The molecule has 0 saturated carbocycles. The van der Waals surface area contributed by atoms with Crippen molar-refractivity contribution in [3.63, 3.8) is 0 Å². The minimum absolute atomic E-state index is 0.113. The summed E-state index contributed by atoms with van der Waals surface area (Å²) in [5, 5.41) is 0. The topological polar surface area (TPSA) is 78.9 Å². The van der Waals surface area contributed by atoms with Crippen LogP contribution in [0.2, 0.25) is 0 Å². The van der Waals surface area contributed by atoms with Gasteiger partial charge in [0.2, 0.25) is 0 Å². The van der Waals surface area contributed by atoms with E-state index in [1.165, 1.54) is 51.4 Å². The number of allylic oxidation sites excluding steroid dienone is 22. The summed E-state index contributed by atoms with van der Waals surface area (Å²) in [7, 11) is 0. The van der Waals surface area contributed by atoms with Crippen LogP contribution in [0.1, 0.15) is 213 Å². The van der Waals surface area contributed by atoms with Crippen LogP contribution >= 0.6 is 0 Å². The molecule has 0 rings (SSSR count). The maximum absolute atomic E-state index is 12.8. The van der Waals surface area contributed by atoms with Crippen LogP contribution in [0.3, 0.4) is 0 Å². The number of ether oxygens (including phenoxy) is 3. The van der Waals surface area contributed by atoms with Gasteiger partial charge in [0.05, 0.1) is 0 Å². The second-order valence-electron chi connectivity index (χ2n) is 17.2. The van der Waals surface area contributed by atoms with E-state index in [0.717, 1.165) is 116 Å². The van der Waals surface area contributed by atoms with Crippen LogP contribution in [0.5, 0.6) is 0 Å². The Bertz CT molecular complexity index is 1480. The Morgan fingerprint density at radius 1 is 0.328 bits per heavy atom. The van der Waals surface area contributed by atoms with Gasteiger partial charge in [0, 0.05) is 19.3 Å². The van der Waals surface area contributed by atoms with E-state index in [9.17, 15) is 14.4 Å². The zero-order chi connectivity index (χ0) is 48.6. The number of unbranched alkanes of at least 4 members (excludes halogenated alkanes) is 18. The van der Waals surface area contributed by atoms with Crippen LogP contribution in [0.25, 0.3) is 0 Å². The van der Waals surface area contributed by atoms with Crippen LogP contribution in [0, 0.1) is 0 Å². The molecule has 0 heterocycles. The minimum atomic E-state index is -0.818. The molecule has 0 fully saturated rings. The highest BCUT2D eigenvalue weighted by Crippen LogP contribution is 2.13. The smallest absolute Gasteiger partial charge is 0.306 e. The van der Waals surface area contributed by atoms with Gasteiger partial charge in [-0.1, -0.05) is 225 Å². The fourth-order valence-corrected chi connectivity index (χ4v) is 6.81. The van der Waals surface area contributed by atoms with E-state index in [2.05, 4.69) is 93.7 Å². The summed E-state index contributed by atoms with van der Waals surface area (Å²) in [6, 6.07) is 0. The van der Waals surface area contributed by atoms with Gasteiger partial charge in [0.25, 0.3) is 0 Å². The zero-order valence-electron chi connectivity index (χ0n) is 42.9. The largest absolute Gasteiger partial charge is 0.462 e. The molecule has 0 aliphatic heterocycles. The second kappa shape index (κ2) is 54.2. The van der Waals surface area contributed by atoms with E-state index in [4.69, 9.17) is 14.2 Å². The van der Waals surface area contributed by atoms with Gasteiger partial charge in [0.1, 0.15) is 13.2 Å². The molecule has 0 radical (unpaired) electrons. The van der Waals surface area contributed by atoms with Crippen molar-refractivity contribution in [2.24, 2.45) is 0 Å². The molecule has 0 aromatic heterocycles. The Balaban J connectivity index is 4.54. The fourth-order valence-electron chi connectivity index (χ4n) is 6.81. The molecule has 0 bridgehead atoms. The van der Waals surface area contributed by atoms with Crippen molar-refractivity contribution >= 4 is 17.9 Å². The summed E-state index contributed by atoms with van der Waals surface area (Å²) < 4.78 is 16.8. The standard InChI is InChI=1S/C61H96O6/c1-4-7-10-13-16-19-22-25-27-29-30-32-33-36-39-42-45-48-51-54-60(63)66-57-58(56-65-59(62)53-50-47-44-41-38-35-24-21-18-15-12-9-6-3)67-61(64)55-52-49-46-43-40-37-34-31-28-26-23-20-17-14-11-8-5-2/h7-8,10-11,14,16-17,19-20,23,25-28,30-32,34-35,37-38,40,58H,4-6,9,12-13,15,18,21-22,24,29,33,36,39,41-57H2,1-3H3/b10-7-,11-8-,17-14-,19-16-,23-20-,27-25-,28-26-,32-30-,34-31+,38-35-,40-37-. The lowest BCUT2D eigenvalue weighted by molar-refractivity contribution is -0.167. The molecule has 6 heteroatoms. The van der Waals surface area contributed by atoms with Gasteiger partial charge >= 0.3 is 17.9 Å². The molecule has 67 heavy (non-hydrogen) atoms. The molecule has 6 nitrogen and oxygen atoms in total. The summed E-state index contributed by atoms with van der Waals surface area (Å²) in [4.78, 5) is 38.1. The van der Waals surface area contributed by atoms with E-state index in [1.807, 2.05) is 60.8 Å². The van der Waals surface area contributed by atoms with Crippen molar-refractivity contribution in [1.29, 1.82) is 0 Å². The zero-order valence-corrected chi connectivity index (χ0v) is 42.9. The summed E-state index contributed by atoms with van der Waals surface area (Å²) in [5.74, 6) is -0.994. The Kier molecular flexibility index (Phi) is 50.6. The molecule has 376 valence electrons. The van der Waals surface area contributed by atoms with Crippen LogP contribution in [0.4, 0.5) is 0 Å². The molecular weight excluding hydrogens is 829 g/mol. The van der Waals surface area contributed by atoms with E-state index < -0.39 is 6.10 Å². The molecule has 0 saturated heterocycles. The average molecular weight is 925 g/mol. The predicted molar refractivity (Wildman–Crippen MR) is 288 cm³/mol. The van der Waals surface area contributed by atoms with Crippen LogP contribution < -0.4 is 0 Å². The lowest BCUT2D eigenvalue weighted by Gasteiger charge is -2.18. The van der Waals surface area contributed by atoms with Gasteiger partial charge in [-0.15, -0.1) is 0 Å². The SMILES string of the molecule is CC\C=C/C=C\C=C/C=C\C=C\C=C/CCCCCC(=O)OC(COC(=O)CCCCC/C=C\CCCCCCCC)COC(=O)CCCCCCCC/C=C\C/C=C\C/C=C\C/C=C\CC. The Labute approximate surface area is 411 Å². The Morgan fingerprint density at radius 2 is 0.657 bits per heavy atom. The number of carbonyl (C=O) groups is 3. The second-order valence-corrected chi connectivity index (χ2v) is 17.2. The first-order valence-corrected chi connectivity index (χ1v) is 26.8. The third kappa shape index (κ3) is 52.4. The highest BCUT2D eigenvalue weighted by Gasteiger charge is 2.19. The van der Waals surface area contributed by atoms with Crippen molar-refractivity contribution in [1.82, 2.24) is 0 Å². The number of carbonyl (C=O) groups excluding carboxylic acids is 3. The summed E-state index contributed by atoms with van der Waals surface area (Å²) in [6.45, 7) is 6.29. The fraction of sp³-hybridized carbons (Fsp3) is 0.590. The van der Waals surface area contributed by atoms with Gasteiger partial charge in [-0.3, -0.25) is 14.4 Å². The van der Waals surface area contributed by atoms with Crippen molar-refractivity contribution in [3.05, 3.63) is 134 Å². The average Bonchev–Trinajstić information content (AvgIpc) is 3.33. The summed E-state index contributed by atoms with van der Waals surface area (Å²) >= 11 is 0. The van der Waals surface area contributed by atoms with Crippen LogP contribution in [0.15, 0.2) is 134 Å². The molecule has 0 N–H and O–H groups in total. The Morgan fingerprint density at radius 3 is 1.12 bits per heavy atom. The summed E-state index contributed by atoms with van der Waals surface area (Å²) in [5.41, 5.74) is 0. The molecule has 0 spiro atoms. The molecule has 0 aromatic carbocycles. The molecule has 0 aliphatic carbocycles. The van der Waals surface area contributed by atoms with Gasteiger partial charge in [-0.25, -0.2) is 0 Å². The van der Waals surface area contributed by atoms with E-state index in [0.29, 0.717) is 19.3 Å². The van der Waals surface area contributed by atoms with Crippen molar-refractivity contribution in [2.75, 3.05) is 13.2 Å². The van der Waals surface area contributed by atoms with Crippen LogP contribution in [-0.2, 0) is 28.6 Å². The Hall–Kier alpha value is -4.45. The van der Waals surface area contributed by atoms with Crippen LogP contribution in [-0.4, -0.2) is 37.2 Å². The first-order valence-electron chi connectivity index (χ1n) is 26.8. The maximum atomic E-state index is 12.8. The number of rotatable bonds is 46. The first kappa shape index (κ1) is 62.5. The van der Waals surface area contributed by atoms with Crippen molar-refractivity contribution in [2.45, 2.75) is 219 Å². The van der Waals surface area contributed by atoms with Gasteiger partial charge in [-0.2, -0.15) is 0 Å². The highest BCUT2D eigenvalue weighted by molar-refractivity contribution is 5.71. The number of hydrogen-bond acceptors (Lipinski definition) is 6. The maximum Gasteiger partial charge on any atom is 0.306 e. The number of esters is 3. The quantitative estimate of drug-likeness (QED) is 0.0199. The van der Waals surface area contributed by atoms with Gasteiger partial charge < -0.3 is 14.2 Å². The third-order valence-electron chi connectivity index (χ3n) is 10.8. The molecule has 0 aromatic rings. The monoisotopic (exact) mass is 925 g/mol. The minimum Gasteiger partial charge on any atom is -0.462 e. The molecule has 0 amide bonds. The number of hydrogen-bond donors (Lipinski definition) is 0. The normalized spacial score (nSPS) is 13.2. The van der Waals surface area contributed by atoms with Crippen molar-refractivity contribution < 1.29 is 28.6 Å². The van der Waals surface area contributed by atoms with E-state index >= 15 is 0 Å². The molecule has 1 unspecified atom stereocenters. The lowest BCUT2D eigenvalue weighted by Crippen LogP contribution is -2.30. The first-order chi connectivity index (χ1) is 33.0. The third-order valence-corrected chi connectivity index (χ3v) is 10.8. The molecular formula is C61H96O6. The summed E-state index contributed by atoms with van der Waals surface area (Å²) in [6.07, 6.45) is 75.7. The lowest BCUT2D eigenvalue weighted by atomic mass is 10.1. The van der Waals surface area contributed by atoms with E-state index in [-0.39, 0.29) is 37.5 Å². The predicted octanol–water partition coefficient (Wildman–Crippen LogP) is 17.9. The van der Waals surface area contributed by atoms with Gasteiger partial charge in [0.15, 0.2) is 6.10 Å². The van der Waals surface area contributed by atoms with E-state index in [1.54, 1.807) is 0 Å². The van der Waals surface area contributed by atoms with Gasteiger partial charge in [-0.05, 0) is 103 Å².